The number of aromatic amines is 1. The molecule has 8 nitrogen and oxygen atoms in total. The van der Waals surface area contributed by atoms with Crippen LogP contribution in [-0.4, -0.2) is 56.1 Å². The van der Waals surface area contributed by atoms with Crippen molar-refractivity contribution in [1.29, 1.82) is 0 Å². The van der Waals surface area contributed by atoms with Gasteiger partial charge >= 0.3 is 0 Å². The highest BCUT2D eigenvalue weighted by atomic mass is 14.9. The van der Waals surface area contributed by atoms with E-state index in [9.17, 15) is 0 Å². The molecule has 2 fully saturated rings. The first-order valence-electron chi connectivity index (χ1n) is 11.7. The Hall–Kier alpha value is -3.49. The van der Waals surface area contributed by atoms with Gasteiger partial charge in [0, 0.05) is 62.0 Å². The van der Waals surface area contributed by atoms with Crippen molar-refractivity contribution < 1.29 is 0 Å². The molecular formula is C26H38N8. The lowest BCUT2D eigenvalue weighted by molar-refractivity contribution is 0.520. The molecule has 34 heavy (non-hydrogen) atoms. The first-order valence-corrected chi connectivity index (χ1v) is 11.7. The number of aromatic nitrogens is 6. The van der Waals surface area contributed by atoms with Crippen LogP contribution in [0, 0.1) is 0 Å². The van der Waals surface area contributed by atoms with E-state index in [1.54, 1.807) is 55.6 Å². The maximum absolute atomic E-state index is 3.78. The van der Waals surface area contributed by atoms with E-state index < -0.39 is 0 Å². The van der Waals surface area contributed by atoms with Crippen molar-refractivity contribution in [1.82, 2.24) is 40.5 Å². The monoisotopic (exact) mass is 462 g/mol. The van der Waals surface area contributed by atoms with Gasteiger partial charge in [-0.05, 0) is 82.2 Å². The minimum atomic E-state index is 1.25. The highest BCUT2D eigenvalue weighted by Gasteiger charge is 1.94. The van der Waals surface area contributed by atoms with Crippen LogP contribution < -0.4 is 10.6 Å². The Balaban J connectivity index is 0.000000204. The Labute approximate surface area is 203 Å². The van der Waals surface area contributed by atoms with E-state index >= 15 is 0 Å². The number of nitrogens with zero attached hydrogens (tertiary/aromatic N) is 5. The fraction of sp³-hybridized carbons (Fsp3) is 0.346. The molecule has 0 spiro atoms. The summed E-state index contributed by atoms with van der Waals surface area (Å²) >= 11 is 0. The topological polar surface area (TPSA) is 104 Å². The van der Waals surface area contributed by atoms with E-state index in [2.05, 4.69) is 40.5 Å². The molecule has 2 aliphatic rings. The van der Waals surface area contributed by atoms with Crippen molar-refractivity contribution in [2.45, 2.75) is 32.1 Å². The second-order valence-corrected chi connectivity index (χ2v) is 6.98. The van der Waals surface area contributed by atoms with Crippen molar-refractivity contribution in [3.8, 4) is 0 Å². The van der Waals surface area contributed by atoms with Gasteiger partial charge < -0.3 is 15.6 Å². The Morgan fingerprint density at radius 3 is 1.00 bits per heavy atom. The molecule has 2 aliphatic heterocycles. The van der Waals surface area contributed by atoms with Gasteiger partial charge in [0.1, 0.15) is 6.33 Å². The zero-order chi connectivity index (χ0) is 24.0. The third-order valence-corrected chi connectivity index (χ3v) is 4.18. The smallest absolute Gasteiger partial charge is 0.115 e. The second kappa shape index (κ2) is 25.8. The van der Waals surface area contributed by atoms with Crippen LogP contribution in [0.15, 0.2) is 105 Å². The number of pyridine rings is 1. The number of H-pyrrole nitrogens is 1. The average molecular weight is 463 g/mol. The predicted octanol–water partition coefficient (Wildman–Crippen LogP) is 4.18. The quantitative estimate of drug-likeness (QED) is 0.360. The Kier molecular flexibility index (Phi) is 21.6. The van der Waals surface area contributed by atoms with Gasteiger partial charge in [0.25, 0.3) is 0 Å². The maximum atomic E-state index is 3.78. The van der Waals surface area contributed by atoms with Crippen molar-refractivity contribution in [2.75, 3.05) is 26.2 Å². The van der Waals surface area contributed by atoms with E-state index in [1.807, 2.05) is 42.7 Å². The number of nitrogens with one attached hydrogen (secondary N) is 3. The largest absolute Gasteiger partial charge is 0.368 e. The molecule has 0 unspecified atom stereocenters. The summed E-state index contributed by atoms with van der Waals surface area (Å²) in [4.78, 5) is 21.4. The van der Waals surface area contributed by atoms with Gasteiger partial charge in [-0.15, -0.1) is 0 Å². The van der Waals surface area contributed by atoms with Crippen LogP contribution in [0.5, 0.6) is 0 Å². The minimum Gasteiger partial charge on any atom is -0.368 e. The molecule has 6 rings (SSSR count). The van der Waals surface area contributed by atoms with Crippen LogP contribution in [0.1, 0.15) is 32.1 Å². The third kappa shape index (κ3) is 23.2. The summed E-state index contributed by atoms with van der Waals surface area (Å²) in [5, 5.41) is 6.51. The molecule has 2 saturated heterocycles. The molecule has 0 aromatic carbocycles. The molecule has 0 bridgehead atoms. The molecular weight excluding hydrogens is 424 g/mol. The van der Waals surface area contributed by atoms with E-state index in [0.29, 0.717) is 0 Å². The molecule has 6 heterocycles. The zero-order valence-electron chi connectivity index (χ0n) is 19.9. The summed E-state index contributed by atoms with van der Waals surface area (Å²) in [6.07, 6.45) is 25.7. The van der Waals surface area contributed by atoms with E-state index in [4.69, 9.17) is 0 Å². The SMILES string of the molecule is C1CCNC1.C1CCNCC1.c1cc[nH]c1.c1ccncc1.c1cnccn1.c1cncnc1. The highest BCUT2D eigenvalue weighted by molar-refractivity contribution is 4.88. The first kappa shape index (κ1) is 28.5. The molecule has 0 atom stereocenters. The van der Waals surface area contributed by atoms with Crippen molar-refractivity contribution >= 4 is 0 Å². The molecule has 4 aromatic heterocycles. The first-order chi connectivity index (χ1) is 17.0. The standard InChI is InChI=1S/C5H11N.C5H5N.2C4H4N2.C4H9N.C4H5N/c2*1-2-4-6-5-3-1;1-2-6-4-3-5-1;1-2-5-4-6-3-1;2*1-2-4-5-3-1/h6H,1-5H2;1-5H;2*1-4H;5H,1-4H2;1-5H. The van der Waals surface area contributed by atoms with Gasteiger partial charge in [0.15, 0.2) is 0 Å². The third-order valence-electron chi connectivity index (χ3n) is 4.18. The molecule has 0 amide bonds. The van der Waals surface area contributed by atoms with Crippen molar-refractivity contribution in [3.05, 3.63) is 105 Å². The Morgan fingerprint density at radius 1 is 0.382 bits per heavy atom. The minimum absolute atomic E-state index is 1.25. The van der Waals surface area contributed by atoms with Crippen LogP contribution in [-0.2, 0) is 0 Å². The maximum Gasteiger partial charge on any atom is 0.115 e. The van der Waals surface area contributed by atoms with E-state index in [0.717, 1.165) is 0 Å². The zero-order valence-corrected chi connectivity index (χ0v) is 19.9. The molecule has 0 radical (unpaired) electrons. The van der Waals surface area contributed by atoms with Gasteiger partial charge in [-0.3, -0.25) is 15.0 Å². The van der Waals surface area contributed by atoms with E-state index in [1.165, 1.54) is 64.6 Å². The fourth-order valence-electron chi connectivity index (χ4n) is 2.52. The normalized spacial score (nSPS) is 13.2. The summed E-state index contributed by atoms with van der Waals surface area (Å²) in [7, 11) is 0. The molecule has 3 N–H and O–H groups in total. The van der Waals surface area contributed by atoms with Crippen molar-refractivity contribution in [2.24, 2.45) is 0 Å². The molecule has 0 saturated carbocycles. The number of hydrogen-bond acceptors (Lipinski definition) is 7. The molecule has 8 heteroatoms. The van der Waals surface area contributed by atoms with Crippen LogP contribution >= 0.6 is 0 Å². The summed E-state index contributed by atoms with van der Waals surface area (Å²) in [5.41, 5.74) is 0. The molecule has 4 aromatic rings. The fourth-order valence-corrected chi connectivity index (χ4v) is 2.52. The summed E-state index contributed by atoms with van der Waals surface area (Å²) in [6, 6.07) is 11.4. The van der Waals surface area contributed by atoms with Crippen LogP contribution in [0.2, 0.25) is 0 Å². The van der Waals surface area contributed by atoms with Crippen LogP contribution in [0.25, 0.3) is 0 Å². The average Bonchev–Trinajstić information content (AvgIpc) is 3.74. The lowest BCUT2D eigenvalue weighted by atomic mass is 10.2. The van der Waals surface area contributed by atoms with E-state index in [-0.39, 0.29) is 0 Å². The number of rotatable bonds is 0. The molecule has 182 valence electrons. The lowest BCUT2D eigenvalue weighted by Crippen LogP contribution is -2.21. The summed E-state index contributed by atoms with van der Waals surface area (Å²) in [6.45, 7) is 5.00. The number of hydrogen-bond donors (Lipinski definition) is 3. The highest BCUT2D eigenvalue weighted by Crippen LogP contribution is 1.96. The van der Waals surface area contributed by atoms with Crippen molar-refractivity contribution in [3.63, 3.8) is 0 Å². The lowest BCUT2D eigenvalue weighted by Gasteiger charge is -2.08. The van der Waals surface area contributed by atoms with Crippen LogP contribution in [0.4, 0.5) is 0 Å². The van der Waals surface area contributed by atoms with Gasteiger partial charge in [-0.25, -0.2) is 9.97 Å². The van der Waals surface area contributed by atoms with Gasteiger partial charge in [0.2, 0.25) is 0 Å². The van der Waals surface area contributed by atoms with Gasteiger partial charge in [-0.1, -0.05) is 12.5 Å². The van der Waals surface area contributed by atoms with Gasteiger partial charge in [-0.2, -0.15) is 0 Å². The predicted molar refractivity (Wildman–Crippen MR) is 138 cm³/mol. The Bertz CT molecular complexity index is 603. The molecule has 0 aliphatic carbocycles. The summed E-state index contributed by atoms with van der Waals surface area (Å²) < 4.78 is 0. The van der Waals surface area contributed by atoms with Gasteiger partial charge in [0.05, 0.1) is 0 Å². The number of piperidine rings is 1. The second-order valence-electron chi connectivity index (χ2n) is 6.98. The van der Waals surface area contributed by atoms with Crippen LogP contribution in [0.3, 0.4) is 0 Å². The Morgan fingerprint density at radius 2 is 0.824 bits per heavy atom. The summed E-state index contributed by atoms with van der Waals surface area (Å²) in [5.74, 6) is 0.